The van der Waals surface area contributed by atoms with Gasteiger partial charge in [-0.1, -0.05) is 12.1 Å². The summed E-state index contributed by atoms with van der Waals surface area (Å²) in [6.07, 6.45) is -1.94. The van der Waals surface area contributed by atoms with Crippen LogP contribution in [0.3, 0.4) is 0 Å². The Kier molecular flexibility index (Phi) is 4.38. The number of para-hydroxylation sites is 2. The molecule has 0 aliphatic carbocycles. The Hall–Kier alpha value is -3.36. The van der Waals surface area contributed by atoms with Gasteiger partial charge in [0.05, 0.1) is 11.4 Å². The van der Waals surface area contributed by atoms with Gasteiger partial charge in [-0.2, -0.15) is 5.10 Å². The van der Waals surface area contributed by atoms with E-state index in [4.69, 9.17) is 0 Å². The predicted molar refractivity (Wildman–Crippen MR) is 82.4 cm³/mol. The van der Waals surface area contributed by atoms with Crippen molar-refractivity contribution < 1.29 is 22.7 Å². The summed E-state index contributed by atoms with van der Waals surface area (Å²) in [5, 5.41) is 6.70. The van der Waals surface area contributed by atoms with Gasteiger partial charge in [-0.25, -0.2) is 9.67 Å². The summed E-state index contributed by atoms with van der Waals surface area (Å²) < 4.78 is 41.7. The summed E-state index contributed by atoms with van der Waals surface area (Å²) >= 11 is 0. The van der Waals surface area contributed by atoms with Crippen molar-refractivity contribution >= 4 is 11.6 Å². The van der Waals surface area contributed by atoms with Crippen molar-refractivity contribution in [3.05, 3.63) is 66.7 Å². The molecule has 0 saturated heterocycles. The maximum absolute atomic E-state index is 12.3. The van der Waals surface area contributed by atoms with Gasteiger partial charge >= 0.3 is 6.36 Å². The van der Waals surface area contributed by atoms with Gasteiger partial charge in [0.15, 0.2) is 0 Å². The van der Waals surface area contributed by atoms with Crippen molar-refractivity contribution in [2.75, 3.05) is 5.32 Å². The van der Waals surface area contributed by atoms with Crippen LogP contribution in [0.25, 0.3) is 5.69 Å². The molecule has 0 spiro atoms. The fourth-order valence-corrected chi connectivity index (χ4v) is 2.11. The highest BCUT2D eigenvalue weighted by Gasteiger charge is 2.31. The van der Waals surface area contributed by atoms with Crippen molar-refractivity contribution in [2.24, 2.45) is 0 Å². The Morgan fingerprint density at radius 2 is 1.80 bits per heavy atom. The standard InChI is InChI=1S/C16H11F3N4O2/c17-16(18,19)25-12-7-5-11(6-8-12)15(24)22-13-3-1-2-4-14(13)23-10-20-9-21-23/h1-10H,(H,22,24). The number of benzene rings is 2. The molecule has 128 valence electrons. The second kappa shape index (κ2) is 6.63. The fraction of sp³-hybridized carbons (Fsp3) is 0.0625. The first-order chi connectivity index (χ1) is 11.9. The highest BCUT2D eigenvalue weighted by atomic mass is 19.4. The average molecular weight is 348 g/mol. The molecule has 0 saturated carbocycles. The number of alkyl halides is 3. The van der Waals surface area contributed by atoms with E-state index in [1.54, 1.807) is 24.3 Å². The van der Waals surface area contributed by atoms with E-state index in [0.717, 1.165) is 12.1 Å². The number of carbonyl (C=O) groups is 1. The Labute approximate surface area is 139 Å². The van der Waals surface area contributed by atoms with Crippen molar-refractivity contribution in [3.63, 3.8) is 0 Å². The molecule has 0 radical (unpaired) electrons. The number of halogens is 3. The van der Waals surface area contributed by atoms with Crippen LogP contribution in [0.15, 0.2) is 61.2 Å². The summed E-state index contributed by atoms with van der Waals surface area (Å²) in [7, 11) is 0. The maximum atomic E-state index is 12.3. The zero-order valence-corrected chi connectivity index (χ0v) is 12.6. The molecule has 0 bridgehead atoms. The molecule has 9 heteroatoms. The number of aromatic nitrogens is 3. The fourth-order valence-electron chi connectivity index (χ4n) is 2.11. The number of ether oxygens (including phenoxy) is 1. The zero-order valence-electron chi connectivity index (χ0n) is 12.6. The van der Waals surface area contributed by atoms with Crippen molar-refractivity contribution in [3.8, 4) is 11.4 Å². The van der Waals surface area contributed by atoms with Gasteiger partial charge in [0.25, 0.3) is 5.91 Å². The molecule has 0 aliphatic heterocycles. The second-order valence-corrected chi connectivity index (χ2v) is 4.88. The smallest absolute Gasteiger partial charge is 0.406 e. The molecule has 3 aromatic rings. The number of anilines is 1. The minimum atomic E-state index is -4.78. The molecular weight excluding hydrogens is 337 g/mol. The number of carbonyl (C=O) groups excluding carboxylic acids is 1. The van der Waals surface area contributed by atoms with Crippen LogP contribution in [0, 0.1) is 0 Å². The van der Waals surface area contributed by atoms with Crippen LogP contribution in [0.4, 0.5) is 18.9 Å². The Bertz CT molecular complexity index is 862. The van der Waals surface area contributed by atoms with Gasteiger partial charge < -0.3 is 10.1 Å². The molecule has 0 unspecified atom stereocenters. The summed E-state index contributed by atoms with van der Waals surface area (Å²) in [6.45, 7) is 0. The first-order valence-corrected chi connectivity index (χ1v) is 7.03. The Balaban J connectivity index is 1.77. The number of nitrogens with one attached hydrogen (secondary N) is 1. The van der Waals surface area contributed by atoms with E-state index in [1.807, 2.05) is 0 Å². The Morgan fingerprint density at radius 1 is 1.08 bits per heavy atom. The average Bonchev–Trinajstić information content (AvgIpc) is 3.09. The van der Waals surface area contributed by atoms with Gasteiger partial charge in [0, 0.05) is 5.56 Å². The lowest BCUT2D eigenvalue weighted by atomic mass is 10.2. The zero-order chi connectivity index (χ0) is 17.9. The molecule has 1 heterocycles. The van der Waals surface area contributed by atoms with Crippen molar-refractivity contribution in [1.82, 2.24) is 14.8 Å². The highest BCUT2D eigenvalue weighted by Crippen LogP contribution is 2.24. The van der Waals surface area contributed by atoms with E-state index in [0.29, 0.717) is 11.4 Å². The van der Waals surface area contributed by atoms with Gasteiger partial charge in [-0.15, -0.1) is 13.2 Å². The Morgan fingerprint density at radius 3 is 2.44 bits per heavy atom. The van der Waals surface area contributed by atoms with E-state index in [-0.39, 0.29) is 5.56 Å². The number of hydrogen-bond donors (Lipinski definition) is 1. The lowest BCUT2D eigenvalue weighted by molar-refractivity contribution is -0.274. The molecule has 2 aromatic carbocycles. The number of rotatable bonds is 4. The highest BCUT2D eigenvalue weighted by molar-refractivity contribution is 6.05. The third kappa shape index (κ3) is 4.14. The summed E-state index contributed by atoms with van der Waals surface area (Å²) in [5.74, 6) is -0.877. The van der Waals surface area contributed by atoms with Crippen LogP contribution in [0.5, 0.6) is 5.75 Å². The summed E-state index contributed by atoms with van der Waals surface area (Å²) in [4.78, 5) is 16.2. The molecule has 1 amide bonds. The van der Waals surface area contributed by atoms with Crippen molar-refractivity contribution in [1.29, 1.82) is 0 Å². The van der Waals surface area contributed by atoms with Crippen molar-refractivity contribution in [2.45, 2.75) is 6.36 Å². The van der Waals surface area contributed by atoms with E-state index in [2.05, 4.69) is 20.1 Å². The third-order valence-corrected chi connectivity index (χ3v) is 3.17. The van der Waals surface area contributed by atoms with Gasteiger partial charge in [0.2, 0.25) is 0 Å². The van der Waals surface area contributed by atoms with Crippen LogP contribution in [-0.2, 0) is 0 Å². The van der Waals surface area contributed by atoms with Crippen LogP contribution in [0.2, 0.25) is 0 Å². The van der Waals surface area contributed by atoms with Crippen LogP contribution < -0.4 is 10.1 Å². The molecule has 0 atom stereocenters. The predicted octanol–water partition coefficient (Wildman–Crippen LogP) is 3.42. The first-order valence-electron chi connectivity index (χ1n) is 7.03. The summed E-state index contributed by atoms with van der Waals surface area (Å²) in [6, 6.07) is 11.6. The number of nitrogens with zero attached hydrogens (tertiary/aromatic N) is 3. The van der Waals surface area contributed by atoms with Crippen LogP contribution in [0.1, 0.15) is 10.4 Å². The van der Waals surface area contributed by atoms with Crippen LogP contribution in [-0.4, -0.2) is 27.0 Å². The lowest BCUT2D eigenvalue weighted by Gasteiger charge is -2.11. The maximum Gasteiger partial charge on any atom is 0.573 e. The lowest BCUT2D eigenvalue weighted by Crippen LogP contribution is -2.17. The second-order valence-electron chi connectivity index (χ2n) is 4.88. The molecule has 6 nitrogen and oxygen atoms in total. The molecule has 25 heavy (non-hydrogen) atoms. The van der Waals surface area contributed by atoms with Gasteiger partial charge in [-0.3, -0.25) is 4.79 Å². The van der Waals surface area contributed by atoms with E-state index in [1.165, 1.54) is 29.5 Å². The van der Waals surface area contributed by atoms with E-state index in [9.17, 15) is 18.0 Å². The molecule has 0 fully saturated rings. The topological polar surface area (TPSA) is 69.0 Å². The molecule has 1 N–H and O–H groups in total. The quantitative estimate of drug-likeness (QED) is 0.784. The molecular formula is C16H11F3N4O2. The normalized spacial score (nSPS) is 11.2. The first kappa shape index (κ1) is 16.5. The van der Waals surface area contributed by atoms with Crippen LogP contribution >= 0.6 is 0 Å². The number of amides is 1. The van der Waals surface area contributed by atoms with E-state index >= 15 is 0 Å². The number of hydrogen-bond acceptors (Lipinski definition) is 4. The van der Waals surface area contributed by atoms with Gasteiger partial charge in [-0.05, 0) is 36.4 Å². The largest absolute Gasteiger partial charge is 0.573 e. The molecule has 1 aromatic heterocycles. The molecule has 3 rings (SSSR count). The van der Waals surface area contributed by atoms with Gasteiger partial charge in [0.1, 0.15) is 18.4 Å². The minimum absolute atomic E-state index is 0.183. The minimum Gasteiger partial charge on any atom is -0.406 e. The monoisotopic (exact) mass is 348 g/mol. The third-order valence-electron chi connectivity index (χ3n) is 3.17. The van der Waals surface area contributed by atoms with E-state index < -0.39 is 18.0 Å². The summed E-state index contributed by atoms with van der Waals surface area (Å²) in [5.41, 5.74) is 1.27. The molecule has 0 aliphatic rings. The SMILES string of the molecule is O=C(Nc1ccccc1-n1cncn1)c1ccc(OC(F)(F)F)cc1.